The van der Waals surface area contributed by atoms with E-state index >= 15 is 0 Å². The Hall–Kier alpha value is -1.28. The third kappa shape index (κ3) is 6.31. The van der Waals surface area contributed by atoms with Crippen LogP contribution in [0.5, 0.6) is 0 Å². The van der Waals surface area contributed by atoms with Gasteiger partial charge in [0.1, 0.15) is 0 Å². The molecule has 0 fully saturated rings. The van der Waals surface area contributed by atoms with Crippen molar-refractivity contribution in [2.24, 2.45) is 0 Å². The molecule has 0 aliphatic rings. The van der Waals surface area contributed by atoms with Crippen LogP contribution < -0.4 is 3.61 Å². The molecule has 0 amide bonds. The van der Waals surface area contributed by atoms with E-state index < -0.39 is 32.7 Å². The first-order valence-electron chi connectivity index (χ1n) is 7.55. The summed E-state index contributed by atoms with van der Waals surface area (Å²) in [6.07, 6.45) is -1.69. The third-order valence-electron chi connectivity index (χ3n) is 3.37. The van der Waals surface area contributed by atoms with Crippen LogP contribution in [0.15, 0.2) is 67.3 Å². The summed E-state index contributed by atoms with van der Waals surface area (Å²) in [7, 11) is 0. The number of alkyl halides is 3. The third-order valence-corrected chi connectivity index (χ3v) is 6.64. The second-order valence-corrected chi connectivity index (χ2v) is 8.39. The van der Waals surface area contributed by atoms with Crippen LogP contribution in [-0.2, 0) is 17.3 Å². The zero-order valence-corrected chi connectivity index (χ0v) is 15.5. The van der Waals surface area contributed by atoms with E-state index in [0.29, 0.717) is 6.61 Å². The van der Waals surface area contributed by atoms with Gasteiger partial charge in [-0.1, -0.05) is 0 Å². The summed E-state index contributed by atoms with van der Waals surface area (Å²) in [4.78, 5) is 0. The molecule has 0 bridgehead atoms. The average Bonchev–Trinajstić information content (AvgIpc) is 2.58. The van der Waals surface area contributed by atoms with Crippen molar-refractivity contribution in [2.75, 3.05) is 6.61 Å². The molecule has 1 unspecified atom stereocenters. The number of rotatable bonds is 8. The van der Waals surface area contributed by atoms with Crippen LogP contribution in [-0.4, -0.2) is 33.6 Å². The zero-order valence-electron chi connectivity index (χ0n) is 13.1. The molecular formula is C19H19F3OTe. The van der Waals surface area contributed by atoms with Crippen LogP contribution in [0.4, 0.5) is 13.2 Å². The number of hydrogen-bond acceptors (Lipinski definition) is 1. The summed E-state index contributed by atoms with van der Waals surface area (Å²) in [6.45, 7) is 4.15. The van der Waals surface area contributed by atoms with Crippen LogP contribution in [0.3, 0.4) is 0 Å². The summed E-state index contributed by atoms with van der Waals surface area (Å²) in [5.74, 6) is 0. The molecule has 2 rings (SSSR count). The minimum absolute atomic E-state index is 0.0649. The molecule has 0 heterocycles. The normalized spacial score (nSPS) is 12.8. The summed E-state index contributed by atoms with van der Waals surface area (Å²) in [6, 6.07) is 15.6. The summed E-state index contributed by atoms with van der Waals surface area (Å²) in [5.41, 5.74) is 0.605. The SMILES string of the molecule is C=CCOC(C[Te]c1ccc(C(F)(F)F)cc1)Cc1ccccc1. The van der Waals surface area contributed by atoms with E-state index in [2.05, 4.69) is 18.7 Å². The van der Waals surface area contributed by atoms with Crippen LogP contribution in [0.2, 0.25) is 4.47 Å². The Morgan fingerprint density at radius 2 is 1.71 bits per heavy atom. The van der Waals surface area contributed by atoms with E-state index in [0.717, 1.165) is 26.6 Å². The first-order valence-corrected chi connectivity index (χ1v) is 10.4. The van der Waals surface area contributed by atoms with E-state index in [-0.39, 0.29) is 6.10 Å². The number of ether oxygens (including phenoxy) is 1. The maximum absolute atomic E-state index is 12.6. The van der Waals surface area contributed by atoms with Crippen molar-refractivity contribution in [3.63, 3.8) is 0 Å². The van der Waals surface area contributed by atoms with E-state index in [1.54, 1.807) is 18.2 Å². The predicted octanol–water partition coefficient (Wildman–Crippen LogP) is 4.27. The molecule has 1 atom stereocenters. The van der Waals surface area contributed by atoms with Crippen molar-refractivity contribution in [3.8, 4) is 0 Å². The molecule has 0 N–H and O–H groups in total. The fourth-order valence-electron chi connectivity index (χ4n) is 2.18. The van der Waals surface area contributed by atoms with Gasteiger partial charge in [-0.15, -0.1) is 0 Å². The molecule has 0 spiro atoms. The Kier molecular flexibility index (Phi) is 7.36. The predicted molar refractivity (Wildman–Crippen MR) is 91.7 cm³/mol. The minimum atomic E-state index is -4.28. The van der Waals surface area contributed by atoms with Crippen LogP contribution >= 0.6 is 0 Å². The van der Waals surface area contributed by atoms with Crippen molar-refractivity contribution in [3.05, 3.63) is 78.4 Å². The van der Waals surface area contributed by atoms with Gasteiger partial charge in [-0.2, -0.15) is 0 Å². The topological polar surface area (TPSA) is 9.23 Å². The standard InChI is InChI=1S/C19H19F3OTe/c1-2-12-23-17(13-15-6-4-3-5-7-15)14-24-18-10-8-16(9-11-18)19(20,21)22/h2-11,17H,1,12-14H2. The quantitative estimate of drug-likeness (QED) is 0.434. The van der Waals surface area contributed by atoms with Crippen molar-refractivity contribution in [1.29, 1.82) is 0 Å². The van der Waals surface area contributed by atoms with Crippen molar-refractivity contribution >= 4 is 24.5 Å². The van der Waals surface area contributed by atoms with Crippen molar-refractivity contribution in [1.82, 2.24) is 0 Å². The van der Waals surface area contributed by atoms with E-state index in [1.807, 2.05) is 18.2 Å². The molecule has 0 saturated heterocycles. The molecule has 5 heteroatoms. The molecule has 1 nitrogen and oxygen atoms in total. The summed E-state index contributed by atoms with van der Waals surface area (Å²) >= 11 is -0.602. The Balaban J connectivity index is 1.95. The van der Waals surface area contributed by atoms with Gasteiger partial charge in [0.2, 0.25) is 0 Å². The van der Waals surface area contributed by atoms with Gasteiger partial charge in [0.25, 0.3) is 0 Å². The molecule has 0 aliphatic carbocycles. The van der Waals surface area contributed by atoms with Crippen LogP contribution in [0, 0.1) is 0 Å². The molecular weight excluding hydrogens is 429 g/mol. The van der Waals surface area contributed by atoms with E-state index in [1.165, 1.54) is 5.56 Å². The fraction of sp³-hybridized carbons (Fsp3) is 0.263. The van der Waals surface area contributed by atoms with Crippen molar-refractivity contribution < 1.29 is 17.9 Å². The van der Waals surface area contributed by atoms with Crippen LogP contribution in [0.25, 0.3) is 0 Å². The van der Waals surface area contributed by atoms with Gasteiger partial charge in [-0.3, -0.25) is 0 Å². The molecule has 0 saturated carbocycles. The maximum atomic E-state index is 12.6. The Morgan fingerprint density at radius 3 is 2.29 bits per heavy atom. The first-order chi connectivity index (χ1) is 11.5. The van der Waals surface area contributed by atoms with E-state index in [4.69, 9.17) is 4.74 Å². The molecule has 24 heavy (non-hydrogen) atoms. The summed E-state index contributed by atoms with van der Waals surface area (Å²) < 4.78 is 45.5. The van der Waals surface area contributed by atoms with Gasteiger partial charge < -0.3 is 0 Å². The van der Waals surface area contributed by atoms with Crippen molar-refractivity contribution in [2.45, 2.75) is 23.2 Å². The molecule has 0 aromatic heterocycles. The number of halogens is 3. The van der Waals surface area contributed by atoms with Gasteiger partial charge in [-0.25, -0.2) is 0 Å². The van der Waals surface area contributed by atoms with Gasteiger partial charge >= 0.3 is 151 Å². The molecule has 2 aromatic carbocycles. The zero-order chi connectivity index (χ0) is 17.4. The molecule has 0 radical (unpaired) electrons. The monoisotopic (exact) mass is 450 g/mol. The van der Waals surface area contributed by atoms with Gasteiger partial charge in [-0.05, 0) is 0 Å². The Morgan fingerprint density at radius 1 is 1.04 bits per heavy atom. The Labute approximate surface area is 150 Å². The average molecular weight is 448 g/mol. The van der Waals surface area contributed by atoms with E-state index in [9.17, 15) is 13.2 Å². The molecule has 128 valence electrons. The Bertz CT molecular complexity index is 623. The molecule has 2 aromatic rings. The molecule has 0 aliphatic heterocycles. The number of benzene rings is 2. The van der Waals surface area contributed by atoms with Gasteiger partial charge in [0.15, 0.2) is 0 Å². The fourth-order valence-corrected chi connectivity index (χ4v) is 4.80. The van der Waals surface area contributed by atoms with Gasteiger partial charge in [0, 0.05) is 0 Å². The summed E-state index contributed by atoms with van der Waals surface area (Å²) in [5, 5.41) is 0. The number of hydrogen-bond donors (Lipinski definition) is 0. The second-order valence-electron chi connectivity index (χ2n) is 5.27. The second kappa shape index (κ2) is 9.27. The van der Waals surface area contributed by atoms with Crippen LogP contribution in [0.1, 0.15) is 11.1 Å². The van der Waals surface area contributed by atoms with Gasteiger partial charge in [0.05, 0.1) is 0 Å². The first kappa shape index (κ1) is 19.0.